The van der Waals surface area contributed by atoms with Crippen molar-refractivity contribution in [2.75, 3.05) is 12.4 Å². The molecule has 2 atom stereocenters. The number of carbonyl (C=O) groups excluding carboxylic acids is 2. The monoisotopic (exact) mass is 313 g/mol. The van der Waals surface area contributed by atoms with Crippen LogP contribution in [-0.2, 0) is 7.05 Å². The van der Waals surface area contributed by atoms with Crippen molar-refractivity contribution < 1.29 is 9.59 Å². The highest BCUT2D eigenvalue weighted by atomic mass is 16.2. The molecule has 3 amide bonds. The number of amides is 3. The van der Waals surface area contributed by atoms with Crippen molar-refractivity contribution in [1.82, 2.24) is 20.4 Å². The summed E-state index contributed by atoms with van der Waals surface area (Å²) in [5, 5.41) is 12.5. The normalized spacial score (nSPS) is 19.0. The zero-order chi connectivity index (χ0) is 16.4. The number of hydrogen-bond donors (Lipinski definition) is 3. The van der Waals surface area contributed by atoms with Crippen molar-refractivity contribution >= 4 is 17.6 Å². The summed E-state index contributed by atoms with van der Waals surface area (Å²) in [7, 11) is 3.43. The second-order valence-corrected chi connectivity index (χ2v) is 5.62. The van der Waals surface area contributed by atoms with Crippen LogP contribution in [0.1, 0.15) is 28.4 Å². The van der Waals surface area contributed by atoms with E-state index in [4.69, 9.17) is 0 Å². The summed E-state index contributed by atoms with van der Waals surface area (Å²) < 4.78 is 1.77. The second kappa shape index (κ2) is 6.12. The average molecular weight is 313 g/mol. The van der Waals surface area contributed by atoms with Crippen molar-refractivity contribution in [1.29, 1.82) is 0 Å². The summed E-state index contributed by atoms with van der Waals surface area (Å²) in [6, 6.07) is 8.62. The summed E-state index contributed by atoms with van der Waals surface area (Å²) in [5.74, 6) is 0.189. The lowest BCUT2D eigenvalue weighted by Crippen LogP contribution is -2.27. The molecule has 0 aliphatic heterocycles. The molecule has 0 radical (unpaired) electrons. The zero-order valence-electron chi connectivity index (χ0n) is 13.0. The number of aromatic nitrogens is 2. The first kappa shape index (κ1) is 15.1. The average Bonchev–Trinajstić information content (AvgIpc) is 3.17. The first-order valence-corrected chi connectivity index (χ1v) is 7.46. The van der Waals surface area contributed by atoms with Gasteiger partial charge in [0.15, 0.2) is 0 Å². The number of benzene rings is 1. The molecular weight excluding hydrogens is 294 g/mol. The van der Waals surface area contributed by atoms with Gasteiger partial charge in [-0.25, -0.2) is 4.79 Å². The molecule has 1 fully saturated rings. The van der Waals surface area contributed by atoms with Gasteiger partial charge in [0.25, 0.3) is 5.91 Å². The van der Waals surface area contributed by atoms with Crippen LogP contribution < -0.4 is 16.0 Å². The van der Waals surface area contributed by atoms with E-state index in [0.717, 1.165) is 12.1 Å². The number of hydrogen-bond acceptors (Lipinski definition) is 3. The molecule has 0 saturated heterocycles. The topological polar surface area (TPSA) is 88.0 Å². The third-order valence-electron chi connectivity index (χ3n) is 3.85. The number of rotatable bonds is 4. The lowest BCUT2D eigenvalue weighted by Gasteiger charge is -2.07. The van der Waals surface area contributed by atoms with Gasteiger partial charge in [-0.1, -0.05) is 0 Å². The smallest absolute Gasteiger partial charge is 0.318 e. The van der Waals surface area contributed by atoms with Gasteiger partial charge in [-0.05, 0) is 36.8 Å². The number of nitrogens with one attached hydrogen (secondary N) is 3. The fraction of sp³-hybridized carbons (Fsp3) is 0.312. The molecule has 0 spiro atoms. The van der Waals surface area contributed by atoms with Gasteiger partial charge < -0.3 is 16.0 Å². The molecule has 23 heavy (non-hydrogen) atoms. The van der Waals surface area contributed by atoms with E-state index >= 15 is 0 Å². The molecule has 120 valence electrons. The Morgan fingerprint density at radius 1 is 1.22 bits per heavy atom. The maximum atomic E-state index is 12.2. The number of nitrogens with zero attached hydrogens (tertiary/aromatic N) is 2. The predicted octanol–water partition coefficient (Wildman–Crippen LogP) is 1.46. The molecule has 1 aromatic carbocycles. The summed E-state index contributed by atoms with van der Waals surface area (Å²) in [5.41, 5.74) is 2.22. The molecule has 1 heterocycles. The minimum absolute atomic E-state index is 0.111. The standard InChI is InChI=1S/C16H19N5O2/c1-17-16(23)18-11-5-3-10(4-6-11)15(22)19-14-9-12(14)13-7-8-21(2)20-13/h3-8,12,14H,9H2,1-2H3,(H,19,22)(H2,17,18,23)/t12-,14+/m0/s1. The molecule has 7 nitrogen and oxygen atoms in total. The van der Waals surface area contributed by atoms with Gasteiger partial charge in [0.1, 0.15) is 0 Å². The van der Waals surface area contributed by atoms with Gasteiger partial charge in [-0.3, -0.25) is 9.48 Å². The molecule has 0 bridgehead atoms. The lowest BCUT2D eigenvalue weighted by atomic mass is 10.2. The maximum absolute atomic E-state index is 12.2. The maximum Gasteiger partial charge on any atom is 0.318 e. The first-order chi connectivity index (χ1) is 11.1. The summed E-state index contributed by atoms with van der Waals surface area (Å²) in [4.78, 5) is 23.4. The third kappa shape index (κ3) is 3.50. The van der Waals surface area contributed by atoms with Crippen LogP contribution in [-0.4, -0.2) is 34.8 Å². The SMILES string of the molecule is CNC(=O)Nc1ccc(C(=O)N[C@@H]2C[C@H]2c2ccn(C)n2)cc1. The van der Waals surface area contributed by atoms with Crippen LogP contribution in [0.4, 0.5) is 10.5 Å². The summed E-state index contributed by atoms with van der Waals surface area (Å²) in [6.07, 6.45) is 2.82. The number of aryl methyl sites for hydroxylation is 1. The molecule has 2 aromatic rings. The van der Waals surface area contributed by atoms with Gasteiger partial charge >= 0.3 is 6.03 Å². The quantitative estimate of drug-likeness (QED) is 0.798. The van der Waals surface area contributed by atoms with E-state index in [2.05, 4.69) is 21.0 Å². The number of carbonyl (C=O) groups is 2. The van der Waals surface area contributed by atoms with E-state index in [9.17, 15) is 9.59 Å². The van der Waals surface area contributed by atoms with Crippen LogP contribution in [0.25, 0.3) is 0 Å². The second-order valence-electron chi connectivity index (χ2n) is 5.62. The molecular formula is C16H19N5O2. The van der Waals surface area contributed by atoms with E-state index in [1.54, 1.807) is 36.0 Å². The van der Waals surface area contributed by atoms with Crippen molar-refractivity contribution in [3.8, 4) is 0 Å². The van der Waals surface area contributed by atoms with E-state index < -0.39 is 0 Å². The Labute approximate surface area is 134 Å². The molecule has 1 aliphatic rings. The number of anilines is 1. The van der Waals surface area contributed by atoms with E-state index in [0.29, 0.717) is 17.2 Å². The van der Waals surface area contributed by atoms with Crippen LogP contribution in [0.15, 0.2) is 36.5 Å². The van der Waals surface area contributed by atoms with Gasteiger partial charge in [-0.15, -0.1) is 0 Å². The van der Waals surface area contributed by atoms with Crippen LogP contribution in [0.2, 0.25) is 0 Å². The Morgan fingerprint density at radius 2 is 1.96 bits per heavy atom. The van der Waals surface area contributed by atoms with Crippen molar-refractivity contribution in [2.45, 2.75) is 18.4 Å². The van der Waals surface area contributed by atoms with Crippen LogP contribution in [0.5, 0.6) is 0 Å². The van der Waals surface area contributed by atoms with E-state index in [1.165, 1.54) is 0 Å². The first-order valence-electron chi connectivity index (χ1n) is 7.46. The van der Waals surface area contributed by atoms with Gasteiger partial charge in [0.05, 0.1) is 5.69 Å². The molecule has 7 heteroatoms. The van der Waals surface area contributed by atoms with E-state index in [-0.39, 0.29) is 18.0 Å². The fourth-order valence-corrected chi connectivity index (χ4v) is 2.46. The molecule has 1 aliphatic carbocycles. The Bertz CT molecular complexity index is 722. The zero-order valence-corrected chi connectivity index (χ0v) is 13.0. The predicted molar refractivity (Wildman–Crippen MR) is 86.3 cm³/mol. The Hall–Kier alpha value is -2.83. The number of urea groups is 1. The van der Waals surface area contributed by atoms with Gasteiger partial charge in [0, 0.05) is 43.5 Å². The highest BCUT2D eigenvalue weighted by molar-refractivity contribution is 5.96. The van der Waals surface area contributed by atoms with Crippen molar-refractivity contribution in [3.63, 3.8) is 0 Å². The Balaban J connectivity index is 1.56. The minimum atomic E-state index is -0.293. The van der Waals surface area contributed by atoms with Crippen LogP contribution >= 0.6 is 0 Å². The lowest BCUT2D eigenvalue weighted by molar-refractivity contribution is 0.0950. The molecule has 1 saturated carbocycles. The van der Waals surface area contributed by atoms with Crippen LogP contribution in [0.3, 0.4) is 0 Å². The molecule has 3 rings (SSSR count). The van der Waals surface area contributed by atoms with Gasteiger partial charge in [-0.2, -0.15) is 5.10 Å². The molecule has 3 N–H and O–H groups in total. The van der Waals surface area contributed by atoms with Crippen LogP contribution in [0, 0.1) is 0 Å². The Kier molecular flexibility index (Phi) is 4.01. The Morgan fingerprint density at radius 3 is 2.57 bits per heavy atom. The largest absolute Gasteiger partial charge is 0.349 e. The van der Waals surface area contributed by atoms with Gasteiger partial charge in [0.2, 0.25) is 0 Å². The third-order valence-corrected chi connectivity index (χ3v) is 3.85. The highest BCUT2D eigenvalue weighted by Crippen LogP contribution is 2.39. The van der Waals surface area contributed by atoms with Crippen molar-refractivity contribution in [3.05, 3.63) is 47.8 Å². The minimum Gasteiger partial charge on any atom is -0.349 e. The van der Waals surface area contributed by atoms with E-state index in [1.807, 2.05) is 19.3 Å². The fourth-order valence-electron chi connectivity index (χ4n) is 2.46. The van der Waals surface area contributed by atoms with Crippen molar-refractivity contribution in [2.24, 2.45) is 7.05 Å². The summed E-state index contributed by atoms with van der Waals surface area (Å²) >= 11 is 0. The highest BCUT2D eigenvalue weighted by Gasteiger charge is 2.41. The molecule has 1 aromatic heterocycles. The molecule has 0 unspecified atom stereocenters. The summed E-state index contributed by atoms with van der Waals surface area (Å²) in [6.45, 7) is 0.